The van der Waals surface area contributed by atoms with Crippen LogP contribution in [-0.4, -0.2) is 18.0 Å². The molecular formula is C14H10ClN3O2. The third-order valence-electron chi connectivity index (χ3n) is 2.55. The number of carbonyl (C=O) groups is 1. The molecule has 6 heteroatoms. The van der Waals surface area contributed by atoms with Crippen LogP contribution in [0.4, 0.5) is 5.69 Å². The van der Waals surface area contributed by atoms with E-state index < -0.39 is 0 Å². The number of carbonyl (C=O) groups excluding carboxylic acids is 1. The first-order chi connectivity index (χ1) is 9.63. The monoisotopic (exact) mass is 287 g/mol. The molecule has 0 atom stereocenters. The molecule has 0 aliphatic rings. The molecule has 100 valence electrons. The molecule has 20 heavy (non-hydrogen) atoms. The summed E-state index contributed by atoms with van der Waals surface area (Å²) < 4.78 is 5.03. The van der Waals surface area contributed by atoms with Gasteiger partial charge in [0.25, 0.3) is 5.91 Å². The van der Waals surface area contributed by atoms with Gasteiger partial charge >= 0.3 is 0 Å². The van der Waals surface area contributed by atoms with E-state index >= 15 is 0 Å². The van der Waals surface area contributed by atoms with Crippen LogP contribution in [0.2, 0.25) is 5.02 Å². The third-order valence-corrected chi connectivity index (χ3v) is 2.84. The number of nitrogens with one attached hydrogen (secondary N) is 1. The highest BCUT2D eigenvalue weighted by Crippen LogP contribution is 2.27. The zero-order chi connectivity index (χ0) is 14.5. The van der Waals surface area contributed by atoms with E-state index in [-0.39, 0.29) is 11.6 Å². The van der Waals surface area contributed by atoms with Crippen LogP contribution in [0, 0.1) is 11.3 Å². The molecule has 0 aliphatic heterocycles. The van der Waals surface area contributed by atoms with Crippen LogP contribution in [0.25, 0.3) is 0 Å². The first-order valence-corrected chi connectivity index (χ1v) is 6.03. The summed E-state index contributed by atoms with van der Waals surface area (Å²) in [6.07, 6.45) is 1.41. The molecule has 5 nitrogen and oxygen atoms in total. The Morgan fingerprint density at radius 2 is 2.20 bits per heavy atom. The van der Waals surface area contributed by atoms with Gasteiger partial charge in [-0.05, 0) is 30.3 Å². The average molecular weight is 288 g/mol. The highest BCUT2D eigenvalue weighted by Gasteiger charge is 2.09. The molecule has 2 aromatic rings. The molecule has 0 unspecified atom stereocenters. The Labute approximate surface area is 120 Å². The fourth-order valence-electron chi connectivity index (χ4n) is 1.58. The van der Waals surface area contributed by atoms with Gasteiger partial charge < -0.3 is 10.1 Å². The predicted molar refractivity (Wildman–Crippen MR) is 74.9 cm³/mol. The van der Waals surface area contributed by atoms with Crippen LogP contribution < -0.4 is 10.1 Å². The number of hydrogen-bond acceptors (Lipinski definition) is 4. The van der Waals surface area contributed by atoms with Crippen molar-refractivity contribution in [2.75, 3.05) is 12.4 Å². The Hall–Kier alpha value is -2.58. The Bertz CT molecular complexity index is 695. The zero-order valence-corrected chi connectivity index (χ0v) is 11.3. The Morgan fingerprint density at radius 3 is 2.85 bits per heavy atom. The van der Waals surface area contributed by atoms with E-state index in [4.69, 9.17) is 21.6 Å². The van der Waals surface area contributed by atoms with Crippen molar-refractivity contribution >= 4 is 23.2 Å². The van der Waals surface area contributed by atoms with Gasteiger partial charge in [-0.3, -0.25) is 4.79 Å². The molecule has 1 aromatic carbocycles. The molecule has 1 aromatic heterocycles. The van der Waals surface area contributed by atoms with Crippen LogP contribution in [0.1, 0.15) is 16.1 Å². The molecule has 2 rings (SSSR count). The Kier molecular flexibility index (Phi) is 4.18. The molecule has 0 saturated carbocycles. The number of aromatic nitrogens is 1. The number of ether oxygens (including phenoxy) is 1. The van der Waals surface area contributed by atoms with E-state index in [0.717, 1.165) is 0 Å². The molecule has 0 bridgehead atoms. The summed E-state index contributed by atoms with van der Waals surface area (Å²) in [6.45, 7) is 0. The van der Waals surface area contributed by atoms with E-state index in [1.165, 1.54) is 25.4 Å². The minimum atomic E-state index is -0.342. The van der Waals surface area contributed by atoms with Crippen molar-refractivity contribution in [1.82, 2.24) is 4.98 Å². The predicted octanol–water partition coefficient (Wildman–Crippen LogP) is 2.87. The van der Waals surface area contributed by atoms with Crippen LogP contribution >= 0.6 is 11.6 Å². The van der Waals surface area contributed by atoms with Gasteiger partial charge in [0, 0.05) is 17.4 Å². The van der Waals surface area contributed by atoms with Crippen molar-refractivity contribution in [1.29, 1.82) is 5.26 Å². The van der Waals surface area contributed by atoms with E-state index in [9.17, 15) is 4.79 Å². The normalized spacial score (nSPS) is 9.65. The first kappa shape index (κ1) is 13.8. The van der Waals surface area contributed by atoms with Crippen molar-refractivity contribution in [2.45, 2.75) is 0 Å². The summed E-state index contributed by atoms with van der Waals surface area (Å²) in [6, 6.07) is 9.75. The smallest absolute Gasteiger partial charge is 0.255 e. The lowest BCUT2D eigenvalue weighted by molar-refractivity contribution is 0.102. The number of hydrogen-bond donors (Lipinski definition) is 1. The lowest BCUT2D eigenvalue weighted by Gasteiger charge is -2.08. The highest BCUT2D eigenvalue weighted by molar-refractivity contribution is 6.32. The summed E-state index contributed by atoms with van der Waals surface area (Å²) in [4.78, 5) is 15.8. The number of pyridine rings is 1. The summed E-state index contributed by atoms with van der Waals surface area (Å²) in [5.41, 5.74) is 1.07. The summed E-state index contributed by atoms with van der Waals surface area (Å²) in [5.74, 6) is 0.186. The molecule has 0 radical (unpaired) electrons. The number of rotatable bonds is 3. The van der Waals surface area contributed by atoms with Crippen LogP contribution in [0.3, 0.4) is 0 Å². The van der Waals surface area contributed by atoms with Gasteiger partial charge in [0.2, 0.25) is 0 Å². The quantitative estimate of drug-likeness (QED) is 0.942. The number of halogens is 1. The maximum Gasteiger partial charge on any atom is 0.255 e. The van der Waals surface area contributed by atoms with Crippen molar-refractivity contribution in [3.8, 4) is 11.8 Å². The van der Waals surface area contributed by atoms with Crippen molar-refractivity contribution in [2.24, 2.45) is 0 Å². The van der Waals surface area contributed by atoms with Gasteiger partial charge in [-0.1, -0.05) is 11.6 Å². The minimum absolute atomic E-state index is 0.186. The summed E-state index contributed by atoms with van der Waals surface area (Å²) in [7, 11) is 1.51. The second kappa shape index (κ2) is 6.04. The van der Waals surface area contributed by atoms with Crippen LogP contribution in [-0.2, 0) is 0 Å². The van der Waals surface area contributed by atoms with Crippen molar-refractivity contribution < 1.29 is 9.53 Å². The zero-order valence-electron chi connectivity index (χ0n) is 10.6. The number of amides is 1. The molecule has 0 saturated heterocycles. The molecule has 0 fully saturated rings. The van der Waals surface area contributed by atoms with Crippen LogP contribution in [0.15, 0.2) is 36.5 Å². The number of methoxy groups -OCH3 is 1. The van der Waals surface area contributed by atoms with Gasteiger partial charge in [-0.2, -0.15) is 5.26 Å². The van der Waals surface area contributed by atoms with Crippen LogP contribution in [0.5, 0.6) is 5.75 Å². The van der Waals surface area contributed by atoms with Gasteiger partial charge in [0.05, 0.1) is 12.1 Å². The fraction of sp³-hybridized carbons (Fsp3) is 0.0714. The molecule has 1 heterocycles. The molecule has 0 aliphatic carbocycles. The Balaban J connectivity index is 2.19. The summed E-state index contributed by atoms with van der Waals surface area (Å²) in [5, 5.41) is 11.8. The van der Waals surface area contributed by atoms with E-state index in [0.29, 0.717) is 22.0 Å². The number of nitrogens with zero attached hydrogens (tertiary/aromatic N) is 2. The van der Waals surface area contributed by atoms with E-state index in [1.54, 1.807) is 18.2 Å². The average Bonchev–Trinajstić information content (AvgIpc) is 2.47. The second-order valence-electron chi connectivity index (χ2n) is 3.85. The first-order valence-electron chi connectivity index (χ1n) is 5.65. The maximum atomic E-state index is 12.0. The lowest BCUT2D eigenvalue weighted by atomic mass is 10.2. The van der Waals surface area contributed by atoms with Crippen molar-refractivity contribution in [3.05, 3.63) is 52.8 Å². The SMILES string of the molecule is COc1ccc(NC(=O)c2ccnc(C#N)c2)cc1Cl. The van der Waals surface area contributed by atoms with E-state index in [2.05, 4.69) is 10.3 Å². The lowest BCUT2D eigenvalue weighted by Crippen LogP contribution is -2.12. The molecule has 0 spiro atoms. The number of anilines is 1. The molecular weight excluding hydrogens is 278 g/mol. The maximum absolute atomic E-state index is 12.0. The fourth-order valence-corrected chi connectivity index (χ4v) is 1.84. The Morgan fingerprint density at radius 1 is 1.40 bits per heavy atom. The molecule has 1 N–H and O–H groups in total. The standard InChI is InChI=1S/C14H10ClN3O2/c1-20-13-3-2-10(7-12(13)15)18-14(19)9-4-5-17-11(6-9)8-16/h2-7H,1H3,(H,18,19). The van der Waals surface area contributed by atoms with Gasteiger partial charge in [-0.25, -0.2) is 4.98 Å². The minimum Gasteiger partial charge on any atom is -0.495 e. The van der Waals surface area contributed by atoms with Gasteiger partial charge in [0.1, 0.15) is 17.5 Å². The largest absolute Gasteiger partial charge is 0.495 e. The van der Waals surface area contributed by atoms with Gasteiger partial charge in [0.15, 0.2) is 0 Å². The second-order valence-corrected chi connectivity index (χ2v) is 4.25. The molecule has 1 amide bonds. The number of benzene rings is 1. The topological polar surface area (TPSA) is 75.0 Å². The van der Waals surface area contributed by atoms with Crippen molar-refractivity contribution in [3.63, 3.8) is 0 Å². The third kappa shape index (κ3) is 3.05. The highest BCUT2D eigenvalue weighted by atomic mass is 35.5. The van der Waals surface area contributed by atoms with Gasteiger partial charge in [-0.15, -0.1) is 0 Å². The number of nitriles is 1. The van der Waals surface area contributed by atoms with E-state index in [1.807, 2.05) is 6.07 Å². The summed E-state index contributed by atoms with van der Waals surface area (Å²) >= 11 is 5.98.